The Kier molecular flexibility index (Phi) is 8.37. The van der Waals surface area contributed by atoms with Crippen LogP contribution < -0.4 is 20.3 Å². The van der Waals surface area contributed by atoms with Crippen LogP contribution in [0.15, 0.2) is 42.7 Å². The van der Waals surface area contributed by atoms with Crippen LogP contribution in [-0.4, -0.2) is 70.9 Å². The van der Waals surface area contributed by atoms with E-state index in [-0.39, 0.29) is 11.9 Å². The Morgan fingerprint density at radius 1 is 1.05 bits per heavy atom. The third-order valence-electron chi connectivity index (χ3n) is 7.34. The van der Waals surface area contributed by atoms with E-state index >= 15 is 0 Å². The van der Waals surface area contributed by atoms with Gasteiger partial charge in [0.05, 0.1) is 22.1 Å². The summed E-state index contributed by atoms with van der Waals surface area (Å²) < 4.78 is 7.64. The predicted molar refractivity (Wildman–Crippen MR) is 156 cm³/mol. The normalized spacial score (nSPS) is 16.3. The highest BCUT2D eigenvalue weighted by molar-refractivity contribution is 6.42. The molecular weight excluding hydrogens is 553 g/mol. The number of carbonyl (C=O) groups is 2. The quantitative estimate of drug-likeness (QED) is 0.388. The smallest absolute Gasteiger partial charge is 0.317 e. The van der Waals surface area contributed by atoms with Crippen molar-refractivity contribution in [3.63, 3.8) is 0 Å². The monoisotopic (exact) mass is 585 g/mol. The van der Waals surface area contributed by atoms with E-state index in [0.717, 1.165) is 42.9 Å². The standard InChI is InChI=1S/C28H33Cl2N7O3/c1-3-40-25-16-21(6-8-24(25)37-18-32-19(2)34-37)35-11-4-12-36(14-13-35)27(39)31-17-28(9-10-28)26(38)33-20-5-7-22(29)23(30)15-20/h5-8,15-16,18H,3-4,9-14,17H2,1-2H3,(H,31,39)(H,33,38). The predicted octanol–water partition coefficient (Wildman–Crippen LogP) is 4.92. The number of hydrogen-bond acceptors (Lipinski definition) is 6. The van der Waals surface area contributed by atoms with E-state index in [1.165, 1.54) is 0 Å². The van der Waals surface area contributed by atoms with Crippen molar-refractivity contribution in [1.29, 1.82) is 0 Å². The summed E-state index contributed by atoms with van der Waals surface area (Å²) in [4.78, 5) is 34.3. The third kappa shape index (κ3) is 6.28. The van der Waals surface area contributed by atoms with Crippen molar-refractivity contribution >= 4 is 46.5 Å². The summed E-state index contributed by atoms with van der Waals surface area (Å²) in [6, 6.07) is 10.9. The lowest BCUT2D eigenvalue weighted by Gasteiger charge is -2.25. The molecule has 1 aliphatic carbocycles. The molecule has 2 N–H and O–H groups in total. The van der Waals surface area contributed by atoms with Crippen LogP contribution in [0.3, 0.4) is 0 Å². The minimum Gasteiger partial charge on any atom is -0.492 e. The Labute approximate surface area is 243 Å². The summed E-state index contributed by atoms with van der Waals surface area (Å²) in [5, 5.41) is 11.1. The van der Waals surface area contributed by atoms with Crippen LogP contribution in [0.1, 0.15) is 32.0 Å². The molecule has 2 fully saturated rings. The molecule has 2 aliphatic rings. The highest BCUT2D eigenvalue weighted by Gasteiger charge is 2.50. The van der Waals surface area contributed by atoms with Crippen molar-refractivity contribution in [1.82, 2.24) is 25.0 Å². The van der Waals surface area contributed by atoms with Gasteiger partial charge >= 0.3 is 6.03 Å². The van der Waals surface area contributed by atoms with Gasteiger partial charge in [-0.15, -0.1) is 0 Å². The molecule has 212 valence electrons. The fourth-order valence-electron chi connectivity index (χ4n) is 4.83. The van der Waals surface area contributed by atoms with E-state index in [1.807, 2.05) is 36.9 Å². The van der Waals surface area contributed by atoms with Gasteiger partial charge in [-0.25, -0.2) is 14.5 Å². The number of ether oxygens (including phenoxy) is 1. The molecule has 0 bridgehead atoms. The molecule has 3 amide bonds. The molecule has 12 heteroatoms. The van der Waals surface area contributed by atoms with Crippen molar-refractivity contribution in [2.24, 2.45) is 5.41 Å². The number of halogens is 2. The summed E-state index contributed by atoms with van der Waals surface area (Å²) >= 11 is 12.0. The van der Waals surface area contributed by atoms with E-state index in [9.17, 15) is 9.59 Å². The Balaban J connectivity index is 1.17. The van der Waals surface area contributed by atoms with Crippen molar-refractivity contribution in [3.05, 3.63) is 58.6 Å². The molecule has 0 atom stereocenters. The molecule has 1 saturated heterocycles. The first-order chi connectivity index (χ1) is 19.3. The van der Waals surface area contributed by atoms with E-state index in [4.69, 9.17) is 27.9 Å². The first kappa shape index (κ1) is 28.0. The SMILES string of the molecule is CCOc1cc(N2CCCN(C(=O)NCC3(C(=O)Nc4ccc(Cl)c(Cl)c4)CC3)CC2)ccc1-n1cnc(C)n1. The molecule has 2 heterocycles. The fraction of sp³-hybridized carbons (Fsp3) is 0.429. The van der Waals surface area contributed by atoms with Gasteiger partial charge in [-0.1, -0.05) is 23.2 Å². The summed E-state index contributed by atoms with van der Waals surface area (Å²) in [5.41, 5.74) is 1.85. The third-order valence-corrected chi connectivity index (χ3v) is 8.07. The molecule has 0 spiro atoms. The van der Waals surface area contributed by atoms with Crippen molar-refractivity contribution in [2.75, 3.05) is 49.5 Å². The number of benzene rings is 2. The lowest BCUT2D eigenvalue weighted by molar-refractivity contribution is -0.120. The number of urea groups is 1. The van der Waals surface area contributed by atoms with Gasteiger partial charge in [-0.2, -0.15) is 5.10 Å². The topological polar surface area (TPSA) is 105 Å². The highest BCUT2D eigenvalue weighted by Crippen LogP contribution is 2.46. The maximum absolute atomic E-state index is 13.1. The van der Waals surface area contributed by atoms with Gasteiger partial charge in [-0.3, -0.25) is 4.79 Å². The van der Waals surface area contributed by atoms with Gasteiger partial charge < -0.3 is 25.2 Å². The van der Waals surface area contributed by atoms with Crippen LogP contribution in [0.2, 0.25) is 10.0 Å². The first-order valence-corrected chi connectivity index (χ1v) is 14.2. The number of carbonyl (C=O) groups excluding carboxylic acids is 2. The average Bonchev–Trinajstić information content (AvgIpc) is 3.68. The molecule has 2 aromatic carbocycles. The molecule has 40 heavy (non-hydrogen) atoms. The second-order valence-corrected chi connectivity index (χ2v) is 11.0. The number of rotatable bonds is 8. The highest BCUT2D eigenvalue weighted by atomic mass is 35.5. The number of aryl methyl sites for hydroxylation is 1. The molecule has 10 nitrogen and oxygen atoms in total. The van der Waals surface area contributed by atoms with Gasteiger partial charge in [0.15, 0.2) is 0 Å². The summed E-state index contributed by atoms with van der Waals surface area (Å²) in [6.45, 7) is 7.33. The number of nitrogens with zero attached hydrogens (tertiary/aromatic N) is 5. The molecule has 5 rings (SSSR count). The maximum atomic E-state index is 13.1. The van der Waals surface area contributed by atoms with Crippen molar-refractivity contribution in [3.8, 4) is 11.4 Å². The minimum absolute atomic E-state index is 0.122. The number of nitrogens with one attached hydrogen (secondary N) is 2. The maximum Gasteiger partial charge on any atom is 0.317 e. The van der Waals surface area contributed by atoms with Crippen molar-refractivity contribution < 1.29 is 14.3 Å². The first-order valence-electron chi connectivity index (χ1n) is 13.5. The minimum atomic E-state index is -0.598. The van der Waals surface area contributed by atoms with Gasteiger partial charge in [0, 0.05) is 50.2 Å². The fourth-order valence-corrected chi connectivity index (χ4v) is 5.13. The van der Waals surface area contributed by atoms with Gasteiger partial charge in [-0.05, 0) is 63.4 Å². The van der Waals surface area contributed by atoms with E-state index in [2.05, 4.69) is 25.6 Å². The average molecular weight is 587 g/mol. The van der Waals surface area contributed by atoms with E-state index < -0.39 is 5.41 Å². The number of hydrogen-bond donors (Lipinski definition) is 2. The molecule has 1 saturated carbocycles. The molecule has 0 unspecified atom stereocenters. The van der Waals surface area contributed by atoms with Gasteiger partial charge in [0.25, 0.3) is 0 Å². The Morgan fingerprint density at radius 2 is 1.88 bits per heavy atom. The number of aromatic nitrogens is 3. The van der Waals surface area contributed by atoms with Crippen LogP contribution in [-0.2, 0) is 4.79 Å². The van der Waals surface area contributed by atoms with Crippen LogP contribution in [0.4, 0.5) is 16.2 Å². The van der Waals surface area contributed by atoms with Crippen LogP contribution in [0.25, 0.3) is 5.69 Å². The molecular formula is C28H33Cl2N7O3. The molecule has 1 aromatic heterocycles. The Bertz CT molecular complexity index is 1390. The van der Waals surface area contributed by atoms with Crippen LogP contribution >= 0.6 is 23.2 Å². The van der Waals surface area contributed by atoms with Crippen LogP contribution in [0, 0.1) is 12.3 Å². The zero-order valence-electron chi connectivity index (χ0n) is 22.6. The summed E-state index contributed by atoms with van der Waals surface area (Å²) in [5.74, 6) is 1.30. The number of anilines is 2. The molecule has 3 aromatic rings. The van der Waals surface area contributed by atoms with Gasteiger partial charge in [0.1, 0.15) is 23.6 Å². The number of amides is 3. The zero-order valence-corrected chi connectivity index (χ0v) is 24.1. The van der Waals surface area contributed by atoms with E-state index in [1.54, 1.807) is 29.2 Å². The van der Waals surface area contributed by atoms with E-state index in [0.29, 0.717) is 54.3 Å². The Morgan fingerprint density at radius 3 is 2.58 bits per heavy atom. The molecule has 1 aliphatic heterocycles. The van der Waals surface area contributed by atoms with Crippen molar-refractivity contribution in [2.45, 2.75) is 33.1 Å². The van der Waals surface area contributed by atoms with Crippen LogP contribution in [0.5, 0.6) is 5.75 Å². The lowest BCUT2D eigenvalue weighted by atomic mass is 10.1. The van der Waals surface area contributed by atoms with Gasteiger partial charge in [0.2, 0.25) is 5.91 Å². The molecule has 0 radical (unpaired) electrons. The second-order valence-electron chi connectivity index (χ2n) is 10.2. The summed E-state index contributed by atoms with van der Waals surface area (Å²) in [7, 11) is 0. The summed E-state index contributed by atoms with van der Waals surface area (Å²) in [6.07, 6.45) is 3.95. The largest absolute Gasteiger partial charge is 0.492 e. The Hall–Kier alpha value is -3.50. The zero-order chi connectivity index (χ0) is 28.3. The lowest BCUT2D eigenvalue weighted by Crippen LogP contribution is -2.45. The second kappa shape index (κ2) is 11.9.